The molecule has 4 nitrogen and oxygen atoms in total. The number of likely N-dealkylation sites (tertiary alicyclic amines) is 1. The normalized spacial score (nSPS) is 18.3. The summed E-state index contributed by atoms with van der Waals surface area (Å²) in [6, 6.07) is 3.55. The van der Waals surface area contributed by atoms with Crippen molar-refractivity contribution in [3.8, 4) is 5.75 Å². The zero-order chi connectivity index (χ0) is 15.9. The fourth-order valence-electron chi connectivity index (χ4n) is 2.60. The lowest BCUT2D eigenvalue weighted by Crippen LogP contribution is -2.46. The Morgan fingerprint density at radius 1 is 1.45 bits per heavy atom. The van der Waals surface area contributed by atoms with Crippen molar-refractivity contribution in [2.75, 3.05) is 26.7 Å². The van der Waals surface area contributed by atoms with Crippen LogP contribution in [0.15, 0.2) is 18.2 Å². The smallest absolute Gasteiger partial charge is 0.222 e. The summed E-state index contributed by atoms with van der Waals surface area (Å²) >= 11 is 0. The highest BCUT2D eigenvalue weighted by Gasteiger charge is 2.21. The molecule has 1 atom stereocenters. The molecule has 122 valence electrons. The molecule has 0 unspecified atom stereocenters. The molecule has 0 spiro atoms. The Morgan fingerprint density at radius 3 is 3.00 bits per heavy atom. The SMILES string of the molecule is CN[C@H]1CCCN(C(=O)CCCOc2ccc(F)cc2F)C1. The predicted molar refractivity (Wildman–Crippen MR) is 79.7 cm³/mol. The number of amides is 1. The maximum Gasteiger partial charge on any atom is 0.222 e. The third-order valence-corrected chi connectivity index (χ3v) is 3.87. The number of hydrogen-bond acceptors (Lipinski definition) is 3. The molecule has 0 aliphatic carbocycles. The van der Waals surface area contributed by atoms with Crippen molar-refractivity contribution in [1.29, 1.82) is 0 Å². The molecular formula is C16H22F2N2O2. The van der Waals surface area contributed by atoms with Crippen LogP contribution in [0.4, 0.5) is 8.78 Å². The topological polar surface area (TPSA) is 41.6 Å². The van der Waals surface area contributed by atoms with Crippen LogP contribution in [0.1, 0.15) is 25.7 Å². The second-order valence-corrected chi connectivity index (χ2v) is 5.49. The Hall–Kier alpha value is -1.69. The molecule has 0 bridgehead atoms. The van der Waals surface area contributed by atoms with Gasteiger partial charge in [0.2, 0.25) is 5.91 Å². The summed E-state index contributed by atoms with van der Waals surface area (Å²) in [5.74, 6) is -1.24. The number of piperidine rings is 1. The van der Waals surface area contributed by atoms with Crippen LogP contribution in [0.3, 0.4) is 0 Å². The summed E-state index contributed by atoms with van der Waals surface area (Å²) in [7, 11) is 1.91. The first-order valence-corrected chi connectivity index (χ1v) is 7.63. The molecule has 22 heavy (non-hydrogen) atoms. The molecular weight excluding hydrogens is 290 g/mol. The quantitative estimate of drug-likeness (QED) is 0.820. The largest absolute Gasteiger partial charge is 0.491 e. The van der Waals surface area contributed by atoms with Gasteiger partial charge >= 0.3 is 0 Å². The van der Waals surface area contributed by atoms with Crippen LogP contribution in [0, 0.1) is 11.6 Å². The average molecular weight is 312 g/mol. The van der Waals surface area contributed by atoms with Crippen LogP contribution in [0.25, 0.3) is 0 Å². The number of halogens is 2. The van der Waals surface area contributed by atoms with Gasteiger partial charge in [0.05, 0.1) is 6.61 Å². The van der Waals surface area contributed by atoms with E-state index in [1.54, 1.807) is 0 Å². The number of hydrogen-bond donors (Lipinski definition) is 1. The fraction of sp³-hybridized carbons (Fsp3) is 0.562. The van der Waals surface area contributed by atoms with Crippen LogP contribution >= 0.6 is 0 Å². The Bertz CT molecular complexity index is 511. The van der Waals surface area contributed by atoms with E-state index in [1.165, 1.54) is 6.07 Å². The minimum absolute atomic E-state index is 0.0158. The van der Waals surface area contributed by atoms with E-state index in [2.05, 4.69) is 5.32 Å². The zero-order valence-corrected chi connectivity index (χ0v) is 12.8. The minimum Gasteiger partial charge on any atom is -0.491 e. The molecule has 1 N–H and O–H groups in total. The van der Waals surface area contributed by atoms with Gasteiger partial charge in [-0.1, -0.05) is 0 Å². The highest BCUT2D eigenvalue weighted by atomic mass is 19.1. The van der Waals surface area contributed by atoms with Crippen LogP contribution in [0.2, 0.25) is 0 Å². The number of likely N-dealkylation sites (N-methyl/N-ethyl adjacent to an activating group) is 1. The second kappa shape index (κ2) is 8.08. The number of nitrogens with one attached hydrogen (secondary N) is 1. The molecule has 1 fully saturated rings. The van der Waals surface area contributed by atoms with Gasteiger partial charge in [0.25, 0.3) is 0 Å². The van der Waals surface area contributed by atoms with Gasteiger partial charge < -0.3 is 15.0 Å². The second-order valence-electron chi connectivity index (χ2n) is 5.49. The molecule has 0 radical (unpaired) electrons. The first-order chi connectivity index (χ1) is 10.6. The Balaban J connectivity index is 1.70. The van der Waals surface area contributed by atoms with Crippen molar-refractivity contribution in [2.45, 2.75) is 31.7 Å². The van der Waals surface area contributed by atoms with E-state index < -0.39 is 11.6 Å². The molecule has 1 amide bonds. The summed E-state index contributed by atoms with van der Waals surface area (Å²) in [5.41, 5.74) is 0. The summed E-state index contributed by atoms with van der Waals surface area (Å²) < 4.78 is 31.4. The van der Waals surface area contributed by atoms with Gasteiger partial charge in [0.1, 0.15) is 5.82 Å². The molecule has 0 saturated carbocycles. The van der Waals surface area contributed by atoms with E-state index >= 15 is 0 Å². The lowest BCUT2D eigenvalue weighted by atomic mass is 10.1. The minimum atomic E-state index is -0.723. The Kier molecular flexibility index (Phi) is 6.12. The zero-order valence-electron chi connectivity index (χ0n) is 12.8. The lowest BCUT2D eigenvalue weighted by Gasteiger charge is -2.32. The monoisotopic (exact) mass is 312 g/mol. The van der Waals surface area contributed by atoms with E-state index in [0.717, 1.165) is 38.1 Å². The summed E-state index contributed by atoms with van der Waals surface area (Å²) in [6.45, 7) is 1.77. The van der Waals surface area contributed by atoms with E-state index in [9.17, 15) is 13.6 Å². The van der Waals surface area contributed by atoms with E-state index in [-0.39, 0.29) is 18.3 Å². The first-order valence-electron chi connectivity index (χ1n) is 7.63. The van der Waals surface area contributed by atoms with Gasteiger partial charge in [-0.25, -0.2) is 8.78 Å². The summed E-state index contributed by atoms with van der Waals surface area (Å²) in [6.07, 6.45) is 2.98. The maximum atomic E-state index is 13.4. The lowest BCUT2D eigenvalue weighted by molar-refractivity contribution is -0.132. The third kappa shape index (κ3) is 4.66. The molecule has 1 aliphatic rings. The van der Waals surface area contributed by atoms with Crippen LogP contribution in [-0.4, -0.2) is 43.6 Å². The van der Waals surface area contributed by atoms with Crippen molar-refractivity contribution in [2.24, 2.45) is 0 Å². The van der Waals surface area contributed by atoms with Crippen molar-refractivity contribution in [3.63, 3.8) is 0 Å². The molecule has 6 heteroatoms. The van der Waals surface area contributed by atoms with Crippen molar-refractivity contribution in [3.05, 3.63) is 29.8 Å². The highest BCUT2D eigenvalue weighted by molar-refractivity contribution is 5.76. The van der Waals surface area contributed by atoms with E-state index in [4.69, 9.17) is 4.74 Å². The van der Waals surface area contributed by atoms with Crippen LogP contribution in [-0.2, 0) is 4.79 Å². The number of nitrogens with zero attached hydrogens (tertiary/aromatic N) is 1. The molecule has 1 heterocycles. The van der Waals surface area contributed by atoms with Crippen molar-refractivity contribution in [1.82, 2.24) is 10.2 Å². The third-order valence-electron chi connectivity index (χ3n) is 3.87. The molecule has 1 aromatic carbocycles. The first kappa shape index (κ1) is 16.7. The molecule has 1 aromatic rings. The van der Waals surface area contributed by atoms with Gasteiger partial charge in [-0.2, -0.15) is 0 Å². The van der Waals surface area contributed by atoms with Gasteiger partial charge in [-0.15, -0.1) is 0 Å². The summed E-state index contributed by atoms with van der Waals surface area (Å²) in [4.78, 5) is 14.0. The van der Waals surface area contributed by atoms with Crippen molar-refractivity contribution < 1.29 is 18.3 Å². The number of carbonyl (C=O) groups excluding carboxylic acids is 1. The molecule has 0 aromatic heterocycles. The van der Waals surface area contributed by atoms with Crippen molar-refractivity contribution >= 4 is 5.91 Å². The predicted octanol–water partition coefficient (Wildman–Crippen LogP) is 2.33. The van der Waals surface area contributed by atoms with Gasteiger partial charge in [0, 0.05) is 31.6 Å². The van der Waals surface area contributed by atoms with Gasteiger partial charge in [-0.05, 0) is 38.4 Å². The molecule has 1 aliphatic heterocycles. The fourth-order valence-corrected chi connectivity index (χ4v) is 2.60. The number of rotatable bonds is 6. The average Bonchev–Trinajstić information content (AvgIpc) is 2.53. The molecule has 2 rings (SSSR count). The van der Waals surface area contributed by atoms with Gasteiger partial charge in [0.15, 0.2) is 11.6 Å². The maximum absolute atomic E-state index is 13.4. The highest BCUT2D eigenvalue weighted by Crippen LogP contribution is 2.18. The number of ether oxygens (including phenoxy) is 1. The van der Waals surface area contributed by atoms with E-state index in [1.807, 2.05) is 11.9 Å². The summed E-state index contributed by atoms with van der Waals surface area (Å²) in [5, 5.41) is 3.20. The van der Waals surface area contributed by atoms with E-state index in [0.29, 0.717) is 18.9 Å². The van der Waals surface area contributed by atoms with Crippen LogP contribution in [0.5, 0.6) is 5.75 Å². The van der Waals surface area contributed by atoms with Gasteiger partial charge in [-0.3, -0.25) is 4.79 Å². The Labute approximate surface area is 129 Å². The number of benzene rings is 1. The molecule has 1 saturated heterocycles. The Morgan fingerprint density at radius 2 is 2.27 bits per heavy atom. The standard InChI is InChI=1S/C16H22F2N2O2/c1-19-13-4-2-8-20(11-13)16(21)5-3-9-22-15-7-6-12(17)10-14(15)18/h6-7,10,13,19H,2-5,8-9,11H2,1H3/t13-/m0/s1. The number of carbonyl (C=O) groups is 1. The van der Waals surface area contributed by atoms with Crippen LogP contribution < -0.4 is 10.1 Å².